The zero-order chi connectivity index (χ0) is 34.0. The smallest absolute Gasteiger partial charge is 0.256 e. The lowest BCUT2D eigenvalue weighted by molar-refractivity contribution is 0.0968. The maximum Gasteiger partial charge on any atom is 0.256 e. The number of hydrogen-bond donors (Lipinski definition) is 2. The second-order valence-corrected chi connectivity index (χ2v) is 12.0. The van der Waals surface area contributed by atoms with Crippen LogP contribution in [0, 0.1) is 0 Å². The molecule has 6 aromatic carbocycles. The van der Waals surface area contributed by atoms with E-state index in [1.165, 1.54) is 0 Å². The molecule has 2 N–H and O–H groups in total. The Hall–Kier alpha value is -5.82. The van der Waals surface area contributed by atoms with Gasteiger partial charge in [0.25, 0.3) is 11.8 Å². The molecule has 8 heteroatoms. The molecule has 0 fully saturated rings. The van der Waals surface area contributed by atoms with Gasteiger partial charge in [-0.3, -0.25) is 9.59 Å². The molecule has 0 atom stereocenters. The summed E-state index contributed by atoms with van der Waals surface area (Å²) in [4.78, 5) is 35.5. The van der Waals surface area contributed by atoms with E-state index in [2.05, 4.69) is 10.6 Å². The summed E-state index contributed by atoms with van der Waals surface area (Å²) in [5.41, 5.74) is 6.16. The van der Waals surface area contributed by atoms with Crippen molar-refractivity contribution in [3.63, 3.8) is 0 Å². The minimum absolute atomic E-state index is 0.275. The van der Waals surface area contributed by atoms with Gasteiger partial charge in [-0.2, -0.15) is 0 Å². The van der Waals surface area contributed by atoms with Crippen molar-refractivity contribution in [1.29, 1.82) is 0 Å². The van der Waals surface area contributed by atoms with Crippen LogP contribution in [-0.4, -0.2) is 23.5 Å². The molecule has 6 aromatic rings. The minimum atomic E-state index is -0.275. The van der Waals surface area contributed by atoms with Gasteiger partial charge in [-0.05, 0) is 90.3 Å². The first-order valence-corrected chi connectivity index (χ1v) is 16.3. The predicted molar refractivity (Wildman–Crippen MR) is 199 cm³/mol. The van der Waals surface area contributed by atoms with Crippen molar-refractivity contribution in [2.75, 3.05) is 0 Å². The second kappa shape index (κ2) is 15.8. The van der Waals surface area contributed by atoms with Gasteiger partial charge in [-0.1, -0.05) is 108 Å². The van der Waals surface area contributed by atoms with E-state index in [1.807, 2.05) is 109 Å². The zero-order valence-electron chi connectivity index (χ0n) is 26.2. The van der Waals surface area contributed by atoms with E-state index >= 15 is 0 Å². The maximum atomic E-state index is 13.0. The van der Waals surface area contributed by atoms with E-state index in [0.717, 1.165) is 22.3 Å². The third kappa shape index (κ3) is 9.17. The second-order valence-electron chi connectivity index (χ2n) is 11.1. The molecule has 240 valence electrons. The molecule has 0 spiro atoms. The lowest BCUT2D eigenvalue weighted by Gasteiger charge is -2.11. The van der Waals surface area contributed by atoms with Gasteiger partial charge in [0.1, 0.15) is 11.7 Å². The van der Waals surface area contributed by atoms with E-state index < -0.39 is 0 Å². The zero-order valence-corrected chi connectivity index (χ0v) is 27.7. The Morgan fingerprint density at radius 3 is 1.12 bits per heavy atom. The van der Waals surface area contributed by atoms with Crippen LogP contribution in [0.2, 0.25) is 10.0 Å². The van der Waals surface area contributed by atoms with Crippen molar-refractivity contribution in [3.8, 4) is 0 Å². The molecule has 6 rings (SSSR count). The molecule has 6 nitrogen and oxygen atoms in total. The van der Waals surface area contributed by atoms with Gasteiger partial charge in [-0.25, -0.2) is 9.98 Å². The fraction of sp³-hybridized carbons (Fsp3) is 0.0244. The molecule has 0 aliphatic carbocycles. The number of amidine groups is 2. The summed E-state index contributed by atoms with van der Waals surface area (Å²) in [6.07, 6.45) is 0.700. The average Bonchev–Trinajstić information content (AvgIpc) is 3.14. The molecule has 0 unspecified atom stereocenters. The molecule has 0 heterocycles. The topological polar surface area (TPSA) is 82.9 Å². The Morgan fingerprint density at radius 2 is 0.776 bits per heavy atom. The number of amides is 2. The lowest BCUT2D eigenvalue weighted by Crippen LogP contribution is -2.31. The normalized spacial score (nSPS) is 11.6. The van der Waals surface area contributed by atoms with Crippen LogP contribution in [0.15, 0.2) is 168 Å². The highest BCUT2D eigenvalue weighted by Crippen LogP contribution is 2.21. The Bertz CT molecular complexity index is 1940. The van der Waals surface area contributed by atoms with E-state index in [-0.39, 0.29) is 11.8 Å². The van der Waals surface area contributed by atoms with Crippen LogP contribution in [0.5, 0.6) is 0 Å². The van der Waals surface area contributed by atoms with Crippen molar-refractivity contribution in [3.05, 3.63) is 201 Å². The quantitative estimate of drug-likeness (QED) is 0.124. The Morgan fingerprint density at radius 1 is 0.429 bits per heavy atom. The average molecular weight is 682 g/mol. The van der Waals surface area contributed by atoms with Crippen molar-refractivity contribution in [2.24, 2.45) is 9.98 Å². The molecule has 0 aliphatic rings. The number of carbonyl (C=O) groups is 2. The number of nitrogens with one attached hydrogen (secondary N) is 2. The number of carbonyl (C=O) groups excluding carboxylic acids is 2. The van der Waals surface area contributed by atoms with E-state index in [9.17, 15) is 9.59 Å². The summed E-state index contributed by atoms with van der Waals surface area (Å²) in [6.45, 7) is 0. The number of aliphatic imine (C=N–C) groups is 2. The summed E-state index contributed by atoms with van der Waals surface area (Å²) < 4.78 is 0. The molecule has 0 saturated heterocycles. The predicted octanol–water partition coefficient (Wildman–Crippen LogP) is 9.60. The summed E-state index contributed by atoms with van der Waals surface area (Å²) in [5.74, 6) is 0.347. The molecule has 0 bridgehead atoms. The summed E-state index contributed by atoms with van der Waals surface area (Å²) in [5, 5.41) is 7.03. The van der Waals surface area contributed by atoms with Gasteiger partial charge in [-0.15, -0.1) is 0 Å². The lowest BCUT2D eigenvalue weighted by atomic mass is 10.0. The van der Waals surface area contributed by atoms with Gasteiger partial charge in [0, 0.05) is 32.3 Å². The fourth-order valence-corrected chi connectivity index (χ4v) is 5.21. The number of nitrogens with zero attached hydrogens (tertiary/aromatic N) is 2. The van der Waals surface area contributed by atoms with Crippen LogP contribution in [0.3, 0.4) is 0 Å². The fourth-order valence-electron chi connectivity index (χ4n) is 4.95. The molecule has 0 aliphatic heterocycles. The number of halogens is 2. The first-order valence-electron chi connectivity index (χ1n) is 15.5. The highest BCUT2D eigenvalue weighted by molar-refractivity contribution is 6.31. The maximum absolute atomic E-state index is 13.0. The molecule has 2 amide bonds. The van der Waals surface area contributed by atoms with Crippen molar-refractivity contribution < 1.29 is 9.59 Å². The number of hydrogen-bond acceptors (Lipinski definition) is 4. The summed E-state index contributed by atoms with van der Waals surface area (Å²) in [7, 11) is 0. The Balaban J connectivity index is 1.16. The Kier molecular flexibility index (Phi) is 10.7. The first-order chi connectivity index (χ1) is 23.9. The van der Waals surface area contributed by atoms with E-state index in [4.69, 9.17) is 33.2 Å². The van der Waals surface area contributed by atoms with Gasteiger partial charge in [0.15, 0.2) is 0 Å². The van der Waals surface area contributed by atoms with Crippen LogP contribution < -0.4 is 10.6 Å². The van der Waals surface area contributed by atoms with Crippen LogP contribution in [0.25, 0.3) is 0 Å². The third-order valence-electron chi connectivity index (χ3n) is 7.53. The Labute approximate surface area is 294 Å². The standard InChI is InChI=1S/C41H30Cl2N4O2/c42-34-19-15-32(16-20-34)40(48)46-38(30-7-3-1-4-8-30)44-36-23-11-28(12-24-36)27-29-13-25-37(26-14-29)45-39(31-9-5-2-6-10-31)47-41(49)33-17-21-35(43)22-18-33/h1-26H,27H2,(H,44,46,48)(H,45,47,49). The van der Waals surface area contributed by atoms with Crippen LogP contribution >= 0.6 is 23.2 Å². The summed E-state index contributed by atoms with van der Waals surface area (Å²) in [6, 6.07) is 48.3. The molecular formula is C41H30Cl2N4O2. The molecule has 49 heavy (non-hydrogen) atoms. The van der Waals surface area contributed by atoms with Crippen molar-refractivity contribution >= 4 is 58.1 Å². The third-order valence-corrected chi connectivity index (χ3v) is 8.04. The molecular weight excluding hydrogens is 651 g/mol. The van der Waals surface area contributed by atoms with Crippen LogP contribution in [0.4, 0.5) is 11.4 Å². The SMILES string of the molecule is O=C(NC(=Nc1ccc(Cc2ccc(N=C(NC(=O)c3ccc(Cl)cc3)c3ccccc3)cc2)cc1)c1ccccc1)c1ccc(Cl)cc1. The largest absolute Gasteiger partial charge is 0.306 e. The molecule has 0 aromatic heterocycles. The summed E-state index contributed by atoms with van der Waals surface area (Å²) >= 11 is 12.0. The van der Waals surface area contributed by atoms with Gasteiger partial charge in [0.2, 0.25) is 0 Å². The van der Waals surface area contributed by atoms with Crippen LogP contribution in [-0.2, 0) is 6.42 Å². The highest BCUT2D eigenvalue weighted by Gasteiger charge is 2.13. The van der Waals surface area contributed by atoms with Gasteiger partial charge >= 0.3 is 0 Å². The minimum Gasteiger partial charge on any atom is -0.306 e. The van der Waals surface area contributed by atoms with Crippen LogP contribution in [0.1, 0.15) is 43.0 Å². The number of rotatable bonds is 8. The van der Waals surface area contributed by atoms with E-state index in [0.29, 0.717) is 50.6 Å². The molecule has 0 radical (unpaired) electrons. The molecule has 0 saturated carbocycles. The van der Waals surface area contributed by atoms with Gasteiger partial charge < -0.3 is 10.6 Å². The van der Waals surface area contributed by atoms with Crippen molar-refractivity contribution in [1.82, 2.24) is 10.6 Å². The van der Waals surface area contributed by atoms with E-state index in [1.54, 1.807) is 48.5 Å². The first kappa shape index (κ1) is 33.1. The number of benzene rings is 6. The monoisotopic (exact) mass is 680 g/mol. The van der Waals surface area contributed by atoms with Crippen molar-refractivity contribution in [2.45, 2.75) is 6.42 Å². The van der Waals surface area contributed by atoms with Gasteiger partial charge in [0.05, 0.1) is 11.4 Å². The highest BCUT2D eigenvalue weighted by atomic mass is 35.5.